The number of aryl methyl sites for hydroxylation is 1. The number of hydrogen-bond acceptors (Lipinski definition) is 4. The molecule has 1 heterocycles. The molecule has 0 bridgehead atoms. The first-order chi connectivity index (χ1) is 7.15. The van der Waals surface area contributed by atoms with E-state index in [2.05, 4.69) is 4.84 Å². The minimum atomic E-state index is -1.15. The van der Waals surface area contributed by atoms with Gasteiger partial charge in [0.1, 0.15) is 5.76 Å². The van der Waals surface area contributed by atoms with Gasteiger partial charge >= 0.3 is 5.97 Å². The van der Waals surface area contributed by atoms with Crippen LogP contribution in [0.4, 0.5) is 0 Å². The summed E-state index contributed by atoms with van der Waals surface area (Å²) in [6, 6.07) is 1.50. The summed E-state index contributed by atoms with van der Waals surface area (Å²) in [6.45, 7) is 1.26. The van der Waals surface area contributed by atoms with Gasteiger partial charge in [-0.3, -0.25) is 9.63 Å². The smallest absolute Gasteiger partial charge is 0.332 e. The molecule has 0 saturated heterocycles. The average molecular weight is 213 g/mol. The van der Waals surface area contributed by atoms with E-state index in [9.17, 15) is 9.59 Å². The molecule has 2 N–H and O–H groups in total. The molecule has 0 aromatic carbocycles. The van der Waals surface area contributed by atoms with Crippen molar-refractivity contribution >= 4 is 11.9 Å². The lowest BCUT2D eigenvalue weighted by atomic mass is 10.2. The second-order valence-corrected chi connectivity index (χ2v) is 2.72. The second-order valence-electron chi connectivity index (χ2n) is 2.72. The Hall–Kier alpha value is -1.82. The normalized spacial score (nSPS) is 9.93. The number of amides is 1. The van der Waals surface area contributed by atoms with Crippen LogP contribution in [0, 0.1) is 0 Å². The fraction of sp³-hybridized carbons (Fsp3) is 0.333. The third-order valence-electron chi connectivity index (χ3n) is 1.67. The van der Waals surface area contributed by atoms with Crippen LogP contribution in [0.2, 0.25) is 0 Å². The molecule has 0 saturated carbocycles. The lowest BCUT2D eigenvalue weighted by Crippen LogP contribution is -2.26. The van der Waals surface area contributed by atoms with E-state index in [1.165, 1.54) is 12.3 Å². The maximum absolute atomic E-state index is 11.4. The number of carboxylic acids is 1. The van der Waals surface area contributed by atoms with Crippen LogP contribution < -0.4 is 5.48 Å². The highest BCUT2D eigenvalue weighted by atomic mass is 16.7. The largest absolute Gasteiger partial charge is 0.479 e. The molecule has 1 aromatic rings. The molecule has 1 rings (SSSR count). The summed E-state index contributed by atoms with van der Waals surface area (Å²) in [5.74, 6) is -1.13. The van der Waals surface area contributed by atoms with Crippen LogP contribution in [0.3, 0.4) is 0 Å². The van der Waals surface area contributed by atoms with Gasteiger partial charge in [0.25, 0.3) is 5.91 Å². The summed E-state index contributed by atoms with van der Waals surface area (Å²) in [6.07, 6.45) is 1.97. The Morgan fingerprint density at radius 2 is 2.33 bits per heavy atom. The zero-order chi connectivity index (χ0) is 11.3. The number of carboxylic acid groups (broad SMARTS) is 1. The van der Waals surface area contributed by atoms with Crippen molar-refractivity contribution in [1.29, 1.82) is 0 Å². The average Bonchev–Trinajstić information content (AvgIpc) is 2.64. The molecule has 0 aliphatic heterocycles. The molecule has 6 nitrogen and oxygen atoms in total. The summed E-state index contributed by atoms with van der Waals surface area (Å²) in [5.41, 5.74) is 2.36. The number of carbonyl (C=O) groups is 2. The van der Waals surface area contributed by atoms with Gasteiger partial charge in [0, 0.05) is 6.42 Å². The lowest BCUT2D eigenvalue weighted by molar-refractivity contribution is -0.144. The number of aliphatic carboxylic acids is 1. The zero-order valence-corrected chi connectivity index (χ0v) is 8.15. The Kier molecular flexibility index (Phi) is 3.87. The van der Waals surface area contributed by atoms with Crippen LogP contribution in [0.15, 0.2) is 16.7 Å². The molecule has 0 unspecified atom stereocenters. The molecule has 15 heavy (non-hydrogen) atoms. The van der Waals surface area contributed by atoms with Crippen LogP contribution >= 0.6 is 0 Å². The van der Waals surface area contributed by atoms with Gasteiger partial charge in [0.15, 0.2) is 6.61 Å². The minimum Gasteiger partial charge on any atom is -0.479 e. The van der Waals surface area contributed by atoms with E-state index in [4.69, 9.17) is 9.52 Å². The standard InChI is InChI=1S/C9H11NO5/c1-2-7-6(3-4-14-7)9(13)10-15-5-8(11)12/h3-4H,2,5H2,1H3,(H,10,13)(H,11,12). The Bertz CT molecular complexity index is 357. The first-order valence-electron chi connectivity index (χ1n) is 4.35. The molecule has 0 aliphatic carbocycles. The molecule has 6 heteroatoms. The van der Waals surface area contributed by atoms with E-state index < -0.39 is 18.5 Å². The molecule has 0 atom stereocenters. The summed E-state index contributed by atoms with van der Waals surface area (Å²) in [4.78, 5) is 25.9. The number of furan rings is 1. The van der Waals surface area contributed by atoms with Crippen molar-refractivity contribution in [3.63, 3.8) is 0 Å². The van der Waals surface area contributed by atoms with Gasteiger partial charge < -0.3 is 9.52 Å². The van der Waals surface area contributed by atoms with E-state index in [0.717, 1.165) is 0 Å². The van der Waals surface area contributed by atoms with Crippen LogP contribution in [0.1, 0.15) is 23.0 Å². The lowest BCUT2D eigenvalue weighted by Gasteiger charge is -2.02. The van der Waals surface area contributed by atoms with Crippen molar-refractivity contribution in [2.45, 2.75) is 13.3 Å². The predicted molar refractivity (Wildman–Crippen MR) is 49.1 cm³/mol. The number of hydrogen-bond donors (Lipinski definition) is 2. The highest BCUT2D eigenvalue weighted by molar-refractivity contribution is 5.94. The van der Waals surface area contributed by atoms with E-state index in [-0.39, 0.29) is 0 Å². The van der Waals surface area contributed by atoms with E-state index in [0.29, 0.717) is 17.7 Å². The van der Waals surface area contributed by atoms with Crippen molar-refractivity contribution in [2.24, 2.45) is 0 Å². The van der Waals surface area contributed by atoms with Crippen LogP contribution in [-0.2, 0) is 16.1 Å². The Balaban J connectivity index is 2.50. The second kappa shape index (κ2) is 5.16. The molecule has 0 aliphatic rings. The van der Waals surface area contributed by atoms with Crippen molar-refractivity contribution in [3.8, 4) is 0 Å². The third kappa shape index (κ3) is 3.10. The summed E-state index contributed by atoms with van der Waals surface area (Å²) in [5, 5.41) is 8.26. The Morgan fingerprint density at radius 3 is 2.93 bits per heavy atom. The summed E-state index contributed by atoms with van der Waals surface area (Å²) < 4.78 is 5.03. The van der Waals surface area contributed by atoms with E-state index in [1.807, 2.05) is 12.4 Å². The monoisotopic (exact) mass is 213 g/mol. The maximum Gasteiger partial charge on any atom is 0.332 e. The van der Waals surface area contributed by atoms with Gasteiger partial charge in [-0.05, 0) is 6.07 Å². The molecular formula is C9H11NO5. The zero-order valence-electron chi connectivity index (χ0n) is 8.15. The highest BCUT2D eigenvalue weighted by Crippen LogP contribution is 2.10. The van der Waals surface area contributed by atoms with E-state index >= 15 is 0 Å². The quantitative estimate of drug-likeness (QED) is 0.698. The SMILES string of the molecule is CCc1occc1C(=O)NOCC(=O)O. The fourth-order valence-electron chi connectivity index (χ4n) is 1.04. The summed E-state index contributed by atoms with van der Waals surface area (Å²) in [7, 11) is 0. The van der Waals surface area contributed by atoms with Crippen molar-refractivity contribution in [2.75, 3.05) is 6.61 Å². The van der Waals surface area contributed by atoms with E-state index in [1.54, 1.807) is 0 Å². The molecule has 0 spiro atoms. The van der Waals surface area contributed by atoms with Gasteiger partial charge in [-0.2, -0.15) is 0 Å². The maximum atomic E-state index is 11.4. The van der Waals surface area contributed by atoms with Crippen molar-refractivity contribution in [1.82, 2.24) is 5.48 Å². The topological polar surface area (TPSA) is 88.8 Å². The Morgan fingerprint density at radius 1 is 1.60 bits per heavy atom. The Labute approximate surface area is 85.8 Å². The minimum absolute atomic E-state index is 0.350. The summed E-state index contributed by atoms with van der Waals surface area (Å²) >= 11 is 0. The van der Waals surface area contributed by atoms with Gasteiger partial charge in [0.05, 0.1) is 11.8 Å². The van der Waals surface area contributed by atoms with Crippen molar-refractivity contribution < 1.29 is 24.0 Å². The first-order valence-corrected chi connectivity index (χ1v) is 4.35. The number of nitrogens with one attached hydrogen (secondary N) is 1. The number of rotatable bonds is 5. The highest BCUT2D eigenvalue weighted by Gasteiger charge is 2.13. The molecule has 1 aromatic heterocycles. The molecule has 1 amide bonds. The fourth-order valence-corrected chi connectivity index (χ4v) is 1.04. The van der Waals surface area contributed by atoms with Gasteiger partial charge in [-0.25, -0.2) is 10.3 Å². The molecule has 0 radical (unpaired) electrons. The third-order valence-corrected chi connectivity index (χ3v) is 1.67. The predicted octanol–water partition coefficient (Wildman–Crippen LogP) is 0.588. The van der Waals surface area contributed by atoms with Gasteiger partial charge in [0.2, 0.25) is 0 Å². The molecule has 0 fully saturated rings. The van der Waals surface area contributed by atoms with Crippen LogP contribution in [0.5, 0.6) is 0 Å². The van der Waals surface area contributed by atoms with Gasteiger partial charge in [-0.15, -0.1) is 0 Å². The first kappa shape index (κ1) is 11.3. The number of carbonyl (C=O) groups excluding carboxylic acids is 1. The van der Waals surface area contributed by atoms with Gasteiger partial charge in [-0.1, -0.05) is 6.92 Å². The van der Waals surface area contributed by atoms with Crippen molar-refractivity contribution in [3.05, 3.63) is 23.7 Å². The molecular weight excluding hydrogens is 202 g/mol. The van der Waals surface area contributed by atoms with Crippen LogP contribution in [0.25, 0.3) is 0 Å². The molecule has 82 valence electrons. The van der Waals surface area contributed by atoms with Crippen LogP contribution in [-0.4, -0.2) is 23.6 Å². The number of hydroxylamine groups is 1.